The number of carboxylic acid groups (broad SMARTS) is 1. The predicted molar refractivity (Wildman–Crippen MR) is 123 cm³/mol. The minimum absolute atomic E-state index is 0.0228. The highest BCUT2D eigenvalue weighted by Crippen LogP contribution is 2.44. The van der Waals surface area contributed by atoms with Crippen LogP contribution in [0.3, 0.4) is 0 Å². The van der Waals surface area contributed by atoms with Crippen LogP contribution in [0.2, 0.25) is 0 Å². The molecule has 0 unspecified atom stereocenters. The molecule has 5 rings (SSSR count). The highest BCUT2D eigenvalue weighted by molar-refractivity contribution is 5.87. The summed E-state index contributed by atoms with van der Waals surface area (Å²) in [6.07, 6.45) is 0.457. The number of hydrogen-bond donors (Lipinski definition) is 2. The summed E-state index contributed by atoms with van der Waals surface area (Å²) in [6, 6.07) is 15.5. The number of nitrogens with one attached hydrogen (secondary N) is 1. The van der Waals surface area contributed by atoms with Crippen LogP contribution in [0.25, 0.3) is 11.1 Å². The lowest BCUT2D eigenvalue weighted by Crippen LogP contribution is -2.48. The third-order valence-electron chi connectivity index (χ3n) is 7.13. The van der Waals surface area contributed by atoms with Crippen LogP contribution in [0.1, 0.15) is 36.3 Å². The molecule has 2 N–H and O–H groups in total. The highest BCUT2D eigenvalue weighted by atomic mass is 16.5. The molecule has 2 aromatic rings. The highest BCUT2D eigenvalue weighted by Gasteiger charge is 2.42. The number of carbonyl (C=O) groups excluding carboxylic acids is 2. The number of aliphatic carboxylic acids is 1. The first-order valence-corrected chi connectivity index (χ1v) is 11.8. The lowest BCUT2D eigenvalue weighted by Gasteiger charge is -2.27. The van der Waals surface area contributed by atoms with Crippen molar-refractivity contribution in [2.75, 3.05) is 26.3 Å². The Labute approximate surface area is 197 Å². The van der Waals surface area contributed by atoms with E-state index in [1.54, 1.807) is 0 Å². The molecule has 0 radical (unpaired) electrons. The van der Waals surface area contributed by atoms with Crippen molar-refractivity contribution in [2.45, 2.75) is 37.3 Å². The van der Waals surface area contributed by atoms with Crippen molar-refractivity contribution in [2.24, 2.45) is 5.92 Å². The molecule has 2 aliphatic heterocycles. The molecular weight excluding hydrogens is 436 g/mol. The van der Waals surface area contributed by atoms with E-state index in [1.165, 1.54) is 4.90 Å². The Hall–Kier alpha value is -3.39. The van der Waals surface area contributed by atoms with Crippen LogP contribution in [0.4, 0.5) is 4.79 Å². The molecule has 178 valence electrons. The van der Waals surface area contributed by atoms with Crippen LogP contribution in [-0.4, -0.2) is 66.4 Å². The molecule has 0 aromatic heterocycles. The first kappa shape index (κ1) is 22.4. The fourth-order valence-electron chi connectivity index (χ4n) is 5.43. The average Bonchev–Trinajstić information content (AvgIpc) is 3.59. The van der Waals surface area contributed by atoms with E-state index in [2.05, 4.69) is 29.6 Å². The van der Waals surface area contributed by atoms with Gasteiger partial charge in [0.25, 0.3) is 5.91 Å². The number of benzene rings is 2. The summed E-state index contributed by atoms with van der Waals surface area (Å²) >= 11 is 0. The van der Waals surface area contributed by atoms with Crippen LogP contribution < -0.4 is 5.32 Å². The Bertz CT molecular complexity index is 1060. The zero-order valence-corrected chi connectivity index (χ0v) is 18.8. The molecule has 34 heavy (non-hydrogen) atoms. The molecule has 0 spiro atoms. The molecule has 2 heterocycles. The number of nitrogens with zero attached hydrogens (tertiary/aromatic N) is 1. The van der Waals surface area contributed by atoms with Crippen molar-refractivity contribution < 1.29 is 29.0 Å². The van der Waals surface area contributed by atoms with E-state index in [0.29, 0.717) is 32.4 Å². The van der Waals surface area contributed by atoms with Gasteiger partial charge in [-0.3, -0.25) is 4.79 Å². The van der Waals surface area contributed by atoms with Crippen molar-refractivity contribution in [1.82, 2.24) is 10.2 Å². The van der Waals surface area contributed by atoms with Gasteiger partial charge in [-0.15, -0.1) is 0 Å². The number of carboxylic acids is 1. The fourth-order valence-corrected chi connectivity index (χ4v) is 5.43. The molecule has 0 bridgehead atoms. The van der Waals surface area contributed by atoms with Gasteiger partial charge >= 0.3 is 12.1 Å². The normalized spacial score (nSPS) is 23.4. The number of carbonyl (C=O) groups is 3. The molecule has 2 saturated heterocycles. The third kappa shape index (κ3) is 4.14. The SMILES string of the molecule is O=C(NC[C@H]1CCO[C@H]1C(=O)N1CCC[C@H]1C(=O)O)OCC1c2ccccc2-c2ccccc21. The van der Waals surface area contributed by atoms with Gasteiger partial charge < -0.3 is 24.8 Å². The summed E-state index contributed by atoms with van der Waals surface area (Å²) < 4.78 is 11.2. The van der Waals surface area contributed by atoms with E-state index in [9.17, 15) is 19.5 Å². The largest absolute Gasteiger partial charge is 0.480 e. The first-order chi connectivity index (χ1) is 16.5. The Morgan fingerprint density at radius 3 is 2.38 bits per heavy atom. The summed E-state index contributed by atoms with van der Waals surface area (Å²) in [4.78, 5) is 38.3. The second-order valence-corrected chi connectivity index (χ2v) is 9.07. The minimum atomic E-state index is -0.989. The molecule has 2 fully saturated rings. The summed E-state index contributed by atoms with van der Waals surface area (Å²) in [5.41, 5.74) is 4.62. The van der Waals surface area contributed by atoms with Gasteiger partial charge in [-0.1, -0.05) is 48.5 Å². The van der Waals surface area contributed by atoms with E-state index in [1.807, 2.05) is 24.3 Å². The Balaban J connectivity index is 1.17. The Kier molecular flexibility index (Phi) is 6.24. The van der Waals surface area contributed by atoms with Crippen LogP contribution in [0, 0.1) is 5.92 Å². The number of amides is 2. The zero-order chi connectivity index (χ0) is 23.7. The lowest BCUT2D eigenvalue weighted by atomic mass is 9.98. The van der Waals surface area contributed by atoms with Crippen molar-refractivity contribution >= 4 is 18.0 Å². The zero-order valence-electron chi connectivity index (χ0n) is 18.8. The monoisotopic (exact) mass is 464 g/mol. The van der Waals surface area contributed by atoms with Gasteiger partial charge in [0.15, 0.2) is 0 Å². The van der Waals surface area contributed by atoms with E-state index in [0.717, 1.165) is 22.3 Å². The second-order valence-electron chi connectivity index (χ2n) is 9.07. The van der Waals surface area contributed by atoms with Crippen LogP contribution in [0.5, 0.6) is 0 Å². The van der Waals surface area contributed by atoms with Crippen LogP contribution in [0.15, 0.2) is 48.5 Å². The fraction of sp³-hybridized carbons (Fsp3) is 0.423. The minimum Gasteiger partial charge on any atom is -0.480 e. The number of hydrogen-bond acceptors (Lipinski definition) is 5. The summed E-state index contributed by atoms with van der Waals surface area (Å²) in [6.45, 7) is 1.28. The smallest absolute Gasteiger partial charge is 0.407 e. The van der Waals surface area contributed by atoms with Crippen LogP contribution in [-0.2, 0) is 19.1 Å². The molecule has 3 atom stereocenters. The second kappa shape index (κ2) is 9.46. The summed E-state index contributed by atoms with van der Waals surface area (Å²) in [5.74, 6) is -1.53. The predicted octanol–water partition coefficient (Wildman–Crippen LogP) is 3.01. The van der Waals surface area contributed by atoms with Gasteiger partial charge in [0.1, 0.15) is 18.8 Å². The van der Waals surface area contributed by atoms with Crippen molar-refractivity contribution in [3.8, 4) is 11.1 Å². The summed E-state index contributed by atoms with van der Waals surface area (Å²) in [7, 11) is 0. The first-order valence-electron chi connectivity index (χ1n) is 11.8. The molecule has 8 heteroatoms. The maximum absolute atomic E-state index is 12.9. The maximum atomic E-state index is 12.9. The van der Waals surface area contributed by atoms with E-state index >= 15 is 0 Å². The molecular formula is C26H28N2O6. The van der Waals surface area contributed by atoms with E-state index < -0.39 is 24.2 Å². The molecule has 0 saturated carbocycles. The van der Waals surface area contributed by atoms with E-state index in [4.69, 9.17) is 9.47 Å². The van der Waals surface area contributed by atoms with Gasteiger partial charge in [0.05, 0.1) is 0 Å². The Morgan fingerprint density at radius 1 is 1.03 bits per heavy atom. The number of alkyl carbamates (subject to hydrolysis) is 1. The van der Waals surface area contributed by atoms with Crippen molar-refractivity contribution in [3.63, 3.8) is 0 Å². The van der Waals surface area contributed by atoms with Gasteiger partial charge in [-0.2, -0.15) is 0 Å². The number of rotatable bonds is 6. The number of ether oxygens (including phenoxy) is 2. The number of fused-ring (bicyclic) bond motifs is 3. The maximum Gasteiger partial charge on any atom is 0.407 e. The van der Waals surface area contributed by atoms with Gasteiger partial charge in [-0.25, -0.2) is 9.59 Å². The molecule has 8 nitrogen and oxygen atoms in total. The van der Waals surface area contributed by atoms with Gasteiger partial charge in [0, 0.05) is 31.5 Å². The van der Waals surface area contributed by atoms with Crippen molar-refractivity contribution in [3.05, 3.63) is 59.7 Å². The topological polar surface area (TPSA) is 105 Å². The number of likely N-dealkylation sites (tertiary alicyclic amines) is 1. The quantitative estimate of drug-likeness (QED) is 0.681. The third-order valence-corrected chi connectivity index (χ3v) is 7.13. The molecule has 1 aliphatic carbocycles. The van der Waals surface area contributed by atoms with E-state index in [-0.39, 0.29) is 30.9 Å². The molecule has 3 aliphatic rings. The standard InChI is InChI=1S/C26H28N2O6/c29-24(28-12-5-10-22(28)25(30)31)23-16(11-13-33-23)14-27-26(32)34-15-21-19-8-3-1-6-17(19)18-7-2-4-9-20(18)21/h1-4,6-9,16,21-23H,5,10-15H2,(H,27,32)(H,30,31)/t16-,22+,23-/m1/s1. The van der Waals surface area contributed by atoms with Gasteiger partial charge in [0.2, 0.25) is 0 Å². The Morgan fingerprint density at radius 2 is 1.71 bits per heavy atom. The molecule has 2 amide bonds. The average molecular weight is 465 g/mol. The van der Waals surface area contributed by atoms with Crippen molar-refractivity contribution in [1.29, 1.82) is 0 Å². The lowest BCUT2D eigenvalue weighted by molar-refractivity contribution is -0.153. The molecule has 2 aromatic carbocycles. The van der Waals surface area contributed by atoms with Gasteiger partial charge in [-0.05, 0) is 41.5 Å². The van der Waals surface area contributed by atoms with Crippen LogP contribution >= 0.6 is 0 Å². The summed E-state index contributed by atoms with van der Waals surface area (Å²) in [5, 5.41) is 12.2.